The van der Waals surface area contributed by atoms with Crippen LogP contribution in [0.1, 0.15) is 53.8 Å². The van der Waals surface area contributed by atoms with Crippen LogP contribution in [0.25, 0.3) is 0 Å². The maximum Gasteiger partial charge on any atom is 0.311 e. The first-order valence-corrected chi connectivity index (χ1v) is 9.28. The molecule has 0 radical (unpaired) electrons. The molecule has 0 unspecified atom stereocenters. The van der Waals surface area contributed by atoms with Gasteiger partial charge in [-0.25, -0.2) is 0 Å². The molecule has 1 amide bonds. The zero-order valence-corrected chi connectivity index (χ0v) is 14.5. The maximum atomic E-state index is 12.7. The molecule has 2 atom stereocenters. The van der Waals surface area contributed by atoms with Crippen molar-refractivity contribution >= 4 is 23.2 Å². The number of methoxy groups -OCH3 is 1. The Balaban J connectivity index is 1.60. The molecular formula is C18H23NO3S. The fourth-order valence-electron chi connectivity index (χ4n) is 5.72. The monoisotopic (exact) mass is 333 g/mol. The zero-order valence-electron chi connectivity index (χ0n) is 13.7. The van der Waals surface area contributed by atoms with Gasteiger partial charge in [-0.2, -0.15) is 0 Å². The van der Waals surface area contributed by atoms with Crippen LogP contribution >= 0.6 is 11.3 Å². The van der Waals surface area contributed by atoms with Crippen LogP contribution in [0.15, 0.2) is 11.4 Å². The standard InChI is InChI=1S/C18H23NO3S/c1-11-3-14(23-9-11)15(20)19-18-7-12-4-13(8-18)6-17(5-12,10-18)16(21)22-2/h3,9,12-13H,4-8,10H2,1-2H3,(H,19,20)/t12-,13-,17?,18?/m1/s1. The molecule has 4 aliphatic rings. The maximum absolute atomic E-state index is 12.7. The minimum atomic E-state index is -0.364. The minimum absolute atomic E-state index is 0.0186. The Morgan fingerprint density at radius 1 is 1.26 bits per heavy atom. The Labute approximate surface area is 140 Å². The lowest BCUT2D eigenvalue weighted by Crippen LogP contribution is -2.64. The van der Waals surface area contributed by atoms with Crippen molar-refractivity contribution in [1.82, 2.24) is 5.32 Å². The highest BCUT2D eigenvalue weighted by Gasteiger charge is 2.61. The molecule has 5 rings (SSSR count). The molecule has 1 heterocycles. The average molecular weight is 333 g/mol. The molecule has 4 nitrogen and oxygen atoms in total. The molecule has 4 bridgehead atoms. The lowest BCUT2D eigenvalue weighted by molar-refractivity contribution is -0.171. The molecule has 4 fully saturated rings. The van der Waals surface area contributed by atoms with Gasteiger partial charge >= 0.3 is 5.97 Å². The Hall–Kier alpha value is -1.36. The Bertz CT molecular complexity index is 651. The molecule has 0 aromatic carbocycles. The highest BCUT2D eigenvalue weighted by Crippen LogP contribution is 2.62. The second-order valence-electron chi connectivity index (χ2n) is 7.96. The molecule has 4 saturated carbocycles. The summed E-state index contributed by atoms with van der Waals surface area (Å²) in [5.41, 5.74) is 0.543. The molecule has 23 heavy (non-hydrogen) atoms. The molecule has 0 saturated heterocycles. The summed E-state index contributed by atoms with van der Waals surface area (Å²) in [7, 11) is 1.49. The first-order chi connectivity index (χ1) is 10.9. The van der Waals surface area contributed by atoms with Crippen molar-refractivity contribution in [2.75, 3.05) is 7.11 Å². The molecule has 1 aromatic rings. The van der Waals surface area contributed by atoms with Crippen molar-refractivity contribution in [3.63, 3.8) is 0 Å². The van der Waals surface area contributed by atoms with Crippen LogP contribution < -0.4 is 5.32 Å². The molecule has 5 heteroatoms. The van der Waals surface area contributed by atoms with Gasteiger partial charge in [0.15, 0.2) is 0 Å². The molecule has 1 aromatic heterocycles. The first kappa shape index (κ1) is 15.2. The summed E-state index contributed by atoms with van der Waals surface area (Å²) in [4.78, 5) is 25.9. The fraction of sp³-hybridized carbons (Fsp3) is 0.667. The second-order valence-corrected chi connectivity index (χ2v) is 8.87. The summed E-state index contributed by atoms with van der Waals surface area (Å²) in [6, 6.07) is 1.94. The average Bonchev–Trinajstić information content (AvgIpc) is 2.91. The molecule has 4 aliphatic carbocycles. The van der Waals surface area contributed by atoms with Gasteiger partial charge in [0, 0.05) is 5.54 Å². The predicted octanol–water partition coefficient (Wildman–Crippen LogP) is 3.30. The van der Waals surface area contributed by atoms with Crippen LogP contribution in [0, 0.1) is 24.2 Å². The number of hydrogen-bond donors (Lipinski definition) is 1. The molecule has 124 valence electrons. The topological polar surface area (TPSA) is 55.4 Å². The van der Waals surface area contributed by atoms with Crippen molar-refractivity contribution < 1.29 is 14.3 Å². The van der Waals surface area contributed by atoms with Gasteiger partial charge < -0.3 is 10.1 Å². The first-order valence-electron chi connectivity index (χ1n) is 8.40. The zero-order chi connectivity index (χ0) is 16.2. The number of esters is 1. The van der Waals surface area contributed by atoms with Crippen molar-refractivity contribution in [1.29, 1.82) is 0 Å². The molecule has 1 N–H and O–H groups in total. The van der Waals surface area contributed by atoms with Crippen LogP contribution in [0.3, 0.4) is 0 Å². The van der Waals surface area contributed by atoms with E-state index < -0.39 is 0 Å². The third-order valence-electron chi connectivity index (χ3n) is 6.01. The molecule has 0 aliphatic heterocycles. The van der Waals surface area contributed by atoms with Crippen molar-refractivity contribution in [2.45, 2.75) is 51.0 Å². The van der Waals surface area contributed by atoms with E-state index in [1.807, 2.05) is 18.4 Å². The van der Waals surface area contributed by atoms with Gasteiger partial charge in [0.1, 0.15) is 0 Å². The highest BCUT2D eigenvalue weighted by atomic mass is 32.1. The largest absolute Gasteiger partial charge is 0.469 e. The molecular weight excluding hydrogens is 310 g/mol. The minimum Gasteiger partial charge on any atom is -0.469 e. The summed E-state index contributed by atoms with van der Waals surface area (Å²) in [6.45, 7) is 2.00. The number of hydrogen-bond acceptors (Lipinski definition) is 4. The van der Waals surface area contributed by atoms with E-state index in [9.17, 15) is 9.59 Å². The highest BCUT2D eigenvalue weighted by molar-refractivity contribution is 7.12. The van der Waals surface area contributed by atoms with Crippen molar-refractivity contribution in [3.8, 4) is 0 Å². The summed E-state index contributed by atoms with van der Waals surface area (Å²) in [6.07, 6.45) is 5.85. The van der Waals surface area contributed by atoms with E-state index in [1.165, 1.54) is 24.9 Å². The Kier molecular flexibility index (Phi) is 3.34. The van der Waals surface area contributed by atoms with Crippen LogP contribution in [0.5, 0.6) is 0 Å². The van der Waals surface area contributed by atoms with Gasteiger partial charge in [-0.1, -0.05) is 0 Å². The predicted molar refractivity (Wildman–Crippen MR) is 88.4 cm³/mol. The second kappa shape index (κ2) is 5.07. The van der Waals surface area contributed by atoms with E-state index in [1.54, 1.807) is 0 Å². The van der Waals surface area contributed by atoms with Crippen LogP contribution in [-0.4, -0.2) is 24.5 Å². The lowest BCUT2D eigenvalue weighted by atomic mass is 9.47. The number of amides is 1. The van der Waals surface area contributed by atoms with Crippen molar-refractivity contribution in [2.24, 2.45) is 17.3 Å². The van der Waals surface area contributed by atoms with Crippen LogP contribution in [-0.2, 0) is 9.53 Å². The summed E-state index contributed by atoms with van der Waals surface area (Å²) in [5, 5.41) is 5.33. The Morgan fingerprint density at radius 2 is 1.96 bits per heavy atom. The van der Waals surface area contributed by atoms with Gasteiger partial charge in [0.05, 0.1) is 17.4 Å². The third-order valence-corrected chi connectivity index (χ3v) is 7.06. The number of rotatable bonds is 3. The molecule has 0 spiro atoms. The Morgan fingerprint density at radius 3 is 2.52 bits per heavy atom. The number of aryl methyl sites for hydroxylation is 1. The smallest absolute Gasteiger partial charge is 0.311 e. The van der Waals surface area contributed by atoms with E-state index in [0.29, 0.717) is 11.8 Å². The van der Waals surface area contributed by atoms with Gasteiger partial charge in [-0.15, -0.1) is 11.3 Å². The lowest BCUT2D eigenvalue weighted by Gasteiger charge is -2.60. The number of nitrogens with one attached hydrogen (secondary N) is 1. The SMILES string of the molecule is COC(=O)C12C[C@H]3C[C@@H](CC(NC(=O)c4cc(C)cs4)(C3)C1)C2. The van der Waals surface area contributed by atoms with E-state index >= 15 is 0 Å². The third kappa shape index (κ3) is 2.40. The van der Waals surface area contributed by atoms with E-state index in [-0.39, 0.29) is 22.8 Å². The van der Waals surface area contributed by atoms with Crippen LogP contribution in [0.4, 0.5) is 0 Å². The number of thiophene rings is 1. The van der Waals surface area contributed by atoms with Crippen LogP contribution in [0.2, 0.25) is 0 Å². The van der Waals surface area contributed by atoms with Crippen molar-refractivity contribution in [3.05, 3.63) is 21.9 Å². The van der Waals surface area contributed by atoms with E-state index in [0.717, 1.165) is 42.5 Å². The quantitative estimate of drug-likeness (QED) is 0.864. The summed E-state index contributed by atoms with van der Waals surface area (Å²) >= 11 is 1.49. The van der Waals surface area contributed by atoms with Gasteiger partial charge in [-0.3, -0.25) is 9.59 Å². The number of ether oxygens (including phenoxy) is 1. The summed E-state index contributed by atoms with van der Waals surface area (Å²) in [5.74, 6) is 1.03. The van der Waals surface area contributed by atoms with Gasteiger partial charge in [-0.05, 0) is 74.3 Å². The number of carbonyl (C=O) groups excluding carboxylic acids is 2. The summed E-state index contributed by atoms with van der Waals surface area (Å²) < 4.78 is 5.12. The van der Waals surface area contributed by atoms with E-state index in [2.05, 4.69) is 5.32 Å². The van der Waals surface area contributed by atoms with Gasteiger partial charge in [0.2, 0.25) is 0 Å². The van der Waals surface area contributed by atoms with E-state index in [4.69, 9.17) is 4.74 Å². The number of carbonyl (C=O) groups is 2. The fourth-order valence-corrected chi connectivity index (χ4v) is 6.51. The van der Waals surface area contributed by atoms with Gasteiger partial charge in [0.25, 0.3) is 5.91 Å². The normalized spacial score (nSPS) is 37.7.